The summed E-state index contributed by atoms with van der Waals surface area (Å²) in [5.74, 6) is 0.787. The van der Waals surface area contributed by atoms with Crippen LogP contribution >= 0.6 is 0 Å². The summed E-state index contributed by atoms with van der Waals surface area (Å²) in [5.41, 5.74) is 3.11. The summed E-state index contributed by atoms with van der Waals surface area (Å²) in [4.78, 5) is 19.5. The minimum Gasteiger partial charge on any atom is -0.351 e. The van der Waals surface area contributed by atoms with Crippen molar-refractivity contribution in [1.29, 1.82) is 0 Å². The Balaban J connectivity index is 1.63. The first-order valence-electron chi connectivity index (χ1n) is 8.77. The van der Waals surface area contributed by atoms with Crippen molar-refractivity contribution in [3.05, 3.63) is 23.0 Å². The van der Waals surface area contributed by atoms with Crippen LogP contribution in [0.3, 0.4) is 0 Å². The van der Waals surface area contributed by atoms with Crippen LogP contribution in [0.15, 0.2) is 6.07 Å². The number of aromatic nitrogens is 3. The van der Waals surface area contributed by atoms with Gasteiger partial charge in [0.2, 0.25) is 0 Å². The Bertz CT molecular complexity index is 743. The van der Waals surface area contributed by atoms with Crippen LogP contribution < -0.4 is 5.32 Å². The molecule has 1 amide bonds. The molecule has 1 fully saturated rings. The molecular formula is C18H27N5O. The molecule has 6 nitrogen and oxygen atoms in total. The average Bonchev–Trinajstić information content (AvgIpc) is 2.82. The van der Waals surface area contributed by atoms with Gasteiger partial charge in [0.25, 0.3) is 5.91 Å². The van der Waals surface area contributed by atoms with Crippen LogP contribution in [0.1, 0.15) is 41.5 Å². The number of rotatable bonds is 4. The van der Waals surface area contributed by atoms with Crippen molar-refractivity contribution in [1.82, 2.24) is 25.0 Å². The van der Waals surface area contributed by atoms with Crippen molar-refractivity contribution in [2.45, 2.75) is 33.6 Å². The number of nitrogens with one attached hydrogen (secondary N) is 1. The number of nitrogens with zero attached hydrogens (tertiary/aromatic N) is 4. The van der Waals surface area contributed by atoms with E-state index in [2.05, 4.69) is 27.2 Å². The number of hydrogen-bond acceptors (Lipinski definition) is 4. The molecule has 0 spiro atoms. The summed E-state index contributed by atoms with van der Waals surface area (Å²) in [6, 6.07) is 1.91. The second-order valence-corrected chi connectivity index (χ2v) is 6.98. The minimum absolute atomic E-state index is 0.0458. The summed E-state index contributed by atoms with van der Waals surface area (Å²) in [6.07, 6.45) is 2.52. The van der Waals surface area contributed by atoms with Gasteiger partial charge in [-0.05, 0) is 51.8 Å². The van der Waals surface area contributed by atoms with E-state index in [0.717, 1.165) is 48.0 Å². The molecule has 1 aliphatic rings. The molecule has 0 unspecified atom stereocenters. The predicted octanol–water partition coefficient (Wildman–Crippen LogP) is 2.05. The minimum atomic E-state index is -0.0458. The molecule has 2 aromatic rings. The predicted molar refractivity (Wildman–Crippen MR) is 95.2 cm³/mol. The van der Waals surface area contributed by atoms with Gasteiger partial charge in [0.15, 0.2) is 5.65 Å². The van der Waals surface area contributed by atoms with E-state index in [0.29, 0.717) is 12.1 Å². The molecule has 130 valence electrons. The highest BCUT2D eigenvalue weighted by Crippen LogP contribution is 2.19. The monoisotopic (exact) mass is 329 g/mol. The third-order valence-corrected chi connectivity index (χ3v) is 5.02. The van der Waals surface area contributed by atoms with Crippen molar-refractivity contribution in [2.24, 2.45) is 13.0 Å². The lowest BCUT2D eigenvalue weighted by Crippen LogP contribution is -2.39. The van der Waals surface area contributed by atoms with Gasteiger partial charge in [-0.1, -0.05) is 6.92 Å². The highest BCUT2D eigenvalue weighted by atomic mass is 16.1. The van der Waals surface area contributed by atoms with Gasteiger partial charge in [0, 0.05) is 25.5 Å². The van der Waals surface area contributed by atoms with Crippen LogP contribution in [0.5, 0.6) is 0 Å². The third kappa shape index (κ3) is 3.43. The Hall–Kier alpha value is -1.95. The van der Waals surface area contributed by atoms with E-state index in [1.807, 2.05) is 27.0 Å². The second-order valence-electron chi connectivity index (χ2n) is 6.98. The molecule has 6 heteroatoms. The lowest BCUT2D eigenvalue weighted by atomic mass is 9.99. The molecular weight excluding hydrogens is 302 g/mol. The number of piperidine rings is 1. The molecule has 0 saturated carbocycles. The number of pyridine rings is 1. The fourth-order valence-electron chi connectivity index (χ4n) is 3.37. The molecule has 0 atom stereocenters. The Kier molecular flexibility index (Phi) is 4.85. The molecule has 24 heavy (non-hydrogen) atoms. The van der Waals surface area contributed by atoms with E-state index in [-0.39, 0.29) is 5.91 Å². The zero-order valence-corrected chi connectivity index (χ0v) is 15.1. The number of carbonyl (C=O) groups excluding carboxylic acids is 1. The number of carbonyl (C=O) groups is 1. The highest BCUT2D eigenvalue weighted by Gasteiger charge is 2.17. The number of aryl methyl sites for hydroxylation is 3. The van der Waals surface area contributed by atoms with E-state index >= 15 is 0 Å². The maximum Gasteiger partial charge on any atom is 0.253 e. The van der Waals surface area contributed by atoms with Gasteiger partial charge >= 0.3 is 0 Å². The molecule has 0 aliphatic carbocycles. The van der Waals surface area contributed by atoms with E-state index in [1.165, 1.54) is 12.8 Å². The van der Waals surface area contributed by atoms with E-state index in [4.69, 9.17) is 0 Å². The SMILES string of the molecule is Cc1nc2c(cc1C(=O)NCCN1CCC(C)CC1)c(C)nn2C. The molecule has 1 aliphatic heterocycles. The third-order valence-electron chi connectivity index (χ3n) is 5.02. The van der Waals surface area contributed by atoms with Crippen LogP contribution in [0, 0.1) is 19.8 Å². The Morgan fingerprint density at radius 3 is 2.71 bits per heavy atom. The highest BCUT2D eigenvalue weighted by molar-refractivity contribution is 5.98. The average molecular weight is 329 g/mol. The van der Waals surface area contributed by atoms with Gasteiger partial charge in [-0.3, -0.25) is 9.48 Å². The lowest BCUT2D eigenvalue weighted by molar-refractivity contribution is 0.0943. The standard InChI is InChI=1S/C18H27N5O/c1-12-5-8-23(9-6-12)10-7-19-18(24)16-11-15-14(3)21-22(4)17(15)20-13(16)2/h11-12H,5-10H2,1-4H3,(H,19,24). The topological polar surface area (TPSA) is 63.1 Å². The molecule has 3 rings (SSSR count). The molecule has 0 radical (unpaired) electrons. The van der Waals surface area contributed by atoms with Gasteiger partial charge in [0.1, 0.15) is 0 Å². The summed E-state index contributed by atoms with van der Waals surface area (Å²) in [6.45, 7) is 10.00. The molecule has 0 aromatic carbocycles. The number of fused-ring (bicyclic) bond motifs is 1. The van der Waals surface area contributed by atoms with Crippen molar-refractivity contribution in [3.63, 3.8) is 0 Å². The molecule has 1 N–H and O–H groups in total. The van der Waals surface area contributed by atoms with Crippen LogP contribution in [0.25, 0.3) is 11.0 Å². The van der Waals surface area contributed by atoms with Crippen LogP contribution in [-0.2, 0) is 7.05 Å². The van der Waals surface area contributed by atoms with Crippen LogP contribution in [-0.4, -0.2) is 51.8 Å². The maximum atomic E-state index is 12.5. The van der Waals surface area contributed by atoms with Gasteiger partial charge in [-0.15, -0.1) is 0 Å². The molecule has 1 saturated heterocycles. The van der Waals surface area contributed by atoms with Crippen LogP contribution in [0.4, 0.5) is 0 Å². The van der Waals surface area contributed by atoms with Gasteiger partial charge in [-0.2, -0.15) is 5.10 Å². The Morgan fingerprint density at radius 1 is 1.29 bits per heavy atom. The maximum absolute atomic E-state index is 12.5. The van der Waals surface area contributed by atoms with Crippen molar-refractivity contribution in [2.75, 3.05) is 26.2 Å². The number of hydrogen-bond donors (Lipinski definition) is 1. The first-order valence-corrected chi connectivity index (χ1v) is 8.77. The normalized spacial score (nSPS) is 16.7. The molecule has 0 bridgehead atoms. The zero-order chi connectivity index (χ0) is 17.3. The van der Waals surface area contributed by atoms with Gasteiger partial charge < -0.3 is 10.2 Å². The van der Waals surface area contributed by atoms with E-state index in [9.17, 15) is 4.79 Å². The van der Waals surface area contributed by atoms with Crippen LogP contribution in [0.2, 0.25) is 0 Å². The lowest BCUT2D eigenvalue weighted by Gasteiger charge is -2.30. The summed E-state index contributed by atoms with van der Waals surface area (Å²) >= 11 is 0. The summed E-state index contributed by atoms with van der Waals surface area (Å²) in [5, 5.41) is 8.36. The summed E-state index contributed by atoms with van der Waals surface area (Å²) < 4.78 is 1.76. The Morgan fingerprint density at radius 2 is 2.00 bits per heavy atom. The number of amides is 1. The second kappa shape index (κ2) is 6.89. The molecule has 3 heterocycles. The van der Waals surface area contributed by atoms with E-state index < -0.39 is 0 Å². The van der Waals surface area contributed by atoms with Crippen molar-refractivity contribution in [3.8, 4) is 0 Å². The smallest absolute Gasteiger partial charge is 0.253 e. The fourth-order valence-corrected chi connectivity index (χ4v) is 3.37. The molecule has 2 aromatic heterocycles. The van der Waals surface area contributed by atoms with E-state index in [1.54, 1.807) is 4.68 Å². The first-order chi connectivity index (χ1) is 11.5. The first kappa shape index (κ1) is 16.9. The van der Waals surface area contributed by atoms with Crippen molar-refractivity contribution < 1.29 is 4.79 Å². The largest absolute Gasteiger partial charge is 0.351 e. The number of likely N-dealkylation sites (tertiary alicyclic amines) is 1. The van der Waals surface area contributed by atoms with Crippen molar-refractivity contribution >= 4 is 16.9 Å². The Labute approximate surface area is 143 Å². The fraction of sp³-hybridized carbons (Fsp3) is 0.611. The quantitative estimate of drug-likeness (QED) is 0.932. The zero-order valence-electron chi connectivity index (χ0n) is 15.1. The summed E-state index contributed by atoms with van der Waals surface area (Å²) in [7, 11) is 1.88. The van der Waals surface area contributed by atoms with Gasteiger partial charge in [-0.25, -0.2) is 4.98 Å². The van der Waals surface area contributed by atoms with Gasteiger partial charge in [0.05, 0.1) is 17.0 Å².